The Balaban J connectivity index is 1.94. The van der Waals surface area contributed by atoms with Gasteiger partial charge in [-0.25, -0.2) is 0 Å². The second-order valence-corrected chi connectivity index (χ2v) is 7.59. The SMILES string of the molecule is CCCC(C)CB(C1CCCCC1)C1CCCCC1. The second-order valence-electron chi connectivity index (χ2n) is 7.59. The number of hydrogen-bond acceptors (Lipinski definition) is 0. The van der Waals surface area contributed by atoms with Gasteiger partial charge in [0, 0.05) is 0 Å². The van der Waals surface area contributed by atoms with E-state index in [2.05, 4.69) is 13.8 Å². The molecule has 2 saturated carbocycles. The molecule has 2 aliphatic rings. The van der Waals surface area contributed by atoms with E-state index in [-0.39, 0.29) is 0 Å². The van der Waals surface area contributed by atoms with Crippen LogP contribution in [0.5, 0.6) is 0 Å². The normalized spacial score (nSPS) is 24.3. The Morgan fingerprint density at radius 3 is 1.74 bits per heavy atom. The summed E-state index contributed by atoms with van der Waals surface area (Å²) in [4.78, 5) is 0. The predicted octanol–water partition coefficient (Wildman–Crippen LogP) is 6.59. The Morgan fingerprint density at radius 1 is 0.842 bits per heavy atom. The van der Waals surface area contributed by atoms with Crippen LogP contribution in [0.25, 0.3) is 0 Å². The Labute approximate surface area is 122 Å². The smallest absolute Gasteiger partial charge is 0.0711 e. The van der Waals surface area contributed by atoms with Crippen LogP contribution in [0.15, 0.2) is 0 Å². The van der Waals surface area contributed by atoms with Crippen molar-refractivity contribution in [2.24, 2.45) is 5.92 Å². The van der Waals surface area contributed by atoms with Crippen LogP contribution >= 0.6 is 0 Å². The van der Waals surface area contributed by atoms with Crippen LogP contribution in [0.2, 0.25) is 18.0 Å². The van der Waals surface area contributed by atoms with Gasteiger partial charge in [-0.2, -0.15) is 0 Å². The highest BCUT2D eigenvalue weighted by molar-refractivity contribution is 6.62. The quantitative estimate of drug-likeness (QED) is 0.474. The van der Waals surface area contributed by atoms with E-state index < -0.39 is 0 Å². The van der Waals surface area contributed by atoms with Crippen LogP contribution in [0.1, 0.15) is 90.9 Å². The zero-order valence-corrected chi connectivity index (χ0v) is 13.5. The largest absolute Gasteiger partial charge is 0.146 e. The molecule has 0 aromatic rings. The summed E-state index contributed by atoms with van der Waals surface area (Å²) in [5, 5.41) is 0. The lowest BCUT2D eigenvalue weighted by atomic mass is 9.28. The van der Waals surface area contributed by atoms with Gasteiger partial charge in [0.1, 0.15) is 6.71 Å². The molecular formula is C18H35B. The lowest BCUT2D eigenvalue weighted by molar-refractivity contribution is 0.451. The first-order chi connectivity index (χ1) is 9.31. The minimum absolute atomic E-state index is 0.971. The zero-order chi connectivity index (χ0) is 13.5. The van der Waals surface area contributed by atoms with Gasteiger partial charge in [0.15, 0.2) is 0 Å². The molecule has 0 aromatic carbocycles. The summed E-state index contributed by atoms with van der Waals surface area (Å²) < 4.78 is 0. The summed E-state index contributed by atoms with van der Waals surface area (Å²) in [6.07, 6.45) is 19.7. The maximum atomic E-state index is 2.52. The highest BCUT2D eigenvalue weighted by Gasteiger charge is 2.34. The van der Waals surface area contributed by atoms with Gasteiger partial charge in [-0.15, -0.1) is 0 Å². The molecule has 0 saturated heterocycles. The van der Waals surface area contributed by atoms with Crippen molar-refractivity contribution >= 4 is 6.71 Å². The van der Waals surface area contributed by atoms with Crippen LogP contribution in [0.3, 0.4) is 0 Å². The molecular weight excluding hydrogens is 227 g/mol. The average Bonchev–Trinajstić information content (AvgIpc) is 2.47. The molecule has 2 fully saturated rings. The van der Waals surface area contributed by atoms with Crippen LogP contribution in [0.4, 0.5) is 0 Å². The number of hydrogen-bond donors (Lipinski definition) is 0. The van der Waals surface area contributed by atoms with Crippen molar-refractivity contribution in [1.29, 1.82) is 0 Å². The van der Waals surface area contributed by atoms with Gasteiger partial charge in [0.25, 0.3) is 0 Å². The minimum Gasteiger partial charge on any atom is -0.0711 e. The molecule has 19 heavy (non-hydrogen) atoms. The van der Waals surface area contributed by atoms with Crippen molar-refractivity contribution in [2.45, 2.75) is 109 Å². The van der Waals surface area contributed by atoms with E-state index in [9.17, 15) is 0 Å². The Kier molecular flexibility index (Phi) is 6.81. The molecule has 0 heterocycles. The maximum absolute atomic E-state index is 2.52. The van der Waals surface area contributed by atoms with Crippen LogP contribution in [-0.4, -0.2) is 6.71 Å². The highest BCUT2D eigenvalue weighted by Crippen LogP contribution is 2.44. The van der Waals surface area contributed by atoms with E-state index >= 15 is 0 Å². The first-order valence-corrected chi connectivity index (χ1v) is 9.31. The average molecular weight is 262 g/mol. The van der Waals surface area contributed by atoms with Crippen molar-refractivity contribution in [1.82, 2.24) is 0 Å². The molecule has 0 amide bonds. The van der Waals surface area contributed by atoms with Crippen LogP contribution in [0, 0.1) is 5.92 Å². The molecule has 0 aromatic heterocycles. The van der Waals surface area contributed by atoms with Gasteiger partial charge in [-0.05, 0) is 0 Å². The topological polar surface area (TPSA) is 0 Å². The van der Waals surface area contributed by atoms with Gasteiger partial charge < -0.3 is 0 Å². The fourth-order valence-corrected chi connectivity index (χ4v) is 4.97. The van der Waals surface area contributed by atoms with Crippen molar-refractivity contribution in [3.05, 3.63) is 0 Å². The monoisotopic (exact) mass is 262 g/mol. The molecule has 0 N–H and O–H groups in total. The van der Waals surface area contributed by atoms with E-state index in [1.54, 1.807) is 32.0 Å². The van der Waals surface area contributed by atoms with E-state index in [0.717, 1.165) is 24.3 Å². The fraction of sp³-hybridized carbons (Fsp3) is 1.00. The minimum atomic E-state index is 0.971. The summed E-state index contributed by atoms with van der Waals surface area (Å²) in [5.41, 5.74) is 0. The summed E-state index contributed by atoms with van der Waals surface area (Å²) >= 11 is 0. The molecule has 1 heteroatoms. The third-order valence-corrected chi connectivity index (χ3v) is 5.97. The molecule has 2 aliphatic carbocycles. The maximum Gasteiger partial charge on any atom is 0.146 e. The van der Waals surface area contributed by atoms with Crippen molar-refractivity contribution in [3.8, 4) is 0 Å². The summed E-state index contributed by atoms with van der Waals surface area (Å²) in [7, 11) is 0. The van der Waals surface area contributed by atoms with Gasteiger partial charge in [0.2, 0.25) is 0 Å². The Hall–Kier alpha value is 0.0649. The summed E-state index contributed by atoms with van der Waals surface area (Å²) in [6, 6.07) is 0. The van der Waals surface area contributed by atoms with E-state index in [4.69, 9.17) is 0 Å². The summed E-state index contributed by atoms with van der Waals surface area (Å²) in [6.45, 7) is 5.96. The third kappa shape index (κ3) is 4.83. The summed E-state index contributed by atoms with van der Waals surface area (Å²) in [5.74, 6) is 3.16. The van der Waals surface area contributed by atoms with E-state index in [0.29, 0.717) is 0 Å². The van der Waals surface area contributed by atoms with Crippen molar-refractivity contribution in [2.75, 3.05) is 0 Å². The van der Waals surface area contributed by atoms with Crippen molar-refractivity contribution in [3.63, 3.8) is 0 Å². The van der Waals surface area contributed by atoms with E-state index in [1.807, 2.05) is 0 Å². The third-order valence-electron chi connectivity index (χ3n) is 5.97. The first-order valence-electron chi connectivity index (χ1n) is 9.31. The second kappa shape index (κ2) is 8.37. The predicted molar refractivity (Wildman–Crippen MR) is 88.3 cm³/mol. The molecule has 0 radical (unpaired) electrons. The molecule has 0 nitrogen and oxygen atoms in total. The standard InChI is InChI=1S/C18H35B/c1-3-10-16(2)15-19(17-11-6-4-7-12-17)18-13-8-5-9-14-18/h16-18H,3-15H2,1-2H3. The molecule has 0 aliphatic heterocycles. The zero-order valence-electron chi connectivity index (χ0n) is 13.5. The van der Waals surface area contributed by atoms with Gasteiger partial charge in [-0.3, -0.25) is 0 Å². The van der Waals surface area contributed by atoms with Crippen LogP contribution < -0.4 is 0 Å². The molecule has 0 bridgehead atoms. The Bertz CT molecular complexity index is 208. The van der Waals surface area contributed by atoms with E-state index in [1.165, 1.54) is 51.4 Å². The fourth-order valence-electron chi connectivity index (χ4n) is 4.97. The number of rotatable bonds is 6. The van der Waals surface area contributed by atoms with Gasteiger partial charge in [-0.1, -0.05) is 115 Å². The lowest BCUT2D eigenvalue weighted by Gasteiger charge is -2.37. The lowest BCUT2D eigenvalue weighted by Crippen LogP contribution is -2.31. The molecule has 1 atom stereocenters. The van der Waals surface area contributed by atoms with Crippen LogP contribution in [-0.2, 0) is 0 Å². The first kappa shape index (κ1) is 15.5. The van der Waals surface area contributed by atoms with Crippen molar-refractivity contribution < 1.29 is 0 Å². The highest BCUT2D eigenvalue weighted by atomic mass is 14.2. The van der Waals surface area contributed by atoms with Gasteiger partial charge >= 0.3 is 0 Å². The van der Waals surface area contributed by atoms with Gasteiger partial charge in [0.05, 0.1) is 0 Å². The molecule has 2 rings (SSSR count). The Morgan fingerprint density at radius 2 is 1.32 bits per heavy atom. The molecule has 0 spiro atoms. The molecule has 110 valence electrons. The molecule has 1 unspecified atom stereocenters.